The van der Waals surface area contributed by atoms with Crippen LogP contribution in [-0.2, 0) is 35.7 Å². The summed E-state index contributed by atoms with van der Waals surface area (Å²) in [5.74, 6) is -0.250. The fourth-order valence-electron chi connectivity index (χ4n) is 2.02. The zero-order valence-corrected chi connectivity index (χ0v) is 18.6. The fraction of sp³-hybridized carbons (Fsp3) is 0.600. The molecule has 8 nitrogen and oxygen atoms in total. The van der Waals surface area contributed by atoms with Gasteiger partial charge in [0, 0.05) is 50.0 Å². The van der Waals surface area contributed by atoms with Crippen LogP contribution in [0.1, 0.15) is 59.8 Å². The van der Waals surface area contributed by atoms with Crippen molar-refractivity contribution in [3.8, 4) is 0 Å². The molecule has 9 heteroatoms. The Hall–Kier alpha value is -2.15. The number of hydrogen-bond acceptors (Lipinski definition) is 6. The number of ketones is 4. The first-order valence-electron chi connectivity index (χ1n) is 9.21. The summed E-state index contributed by atoms with van der Waals surface area (Å²) < 4.78 is 2.02. The smallest absolute Gasteiger partial charge is 0.221 e. The van der Waals surface area contributed by atoms with E-state index in [4.69, 9.17) is 0 Å². The molecule has 0 atom stereocenters. The third kappa shape index (κ3) is 30.8. The number of Topliss-reactive ketones (excluding diaryl/α,β-unsaturated/α-hetero) is 4. The van der Waals surface area contributed by atoms with Gasteiger partial charge in [0.1, 0.15) is 23.1 Å². The Morgan fingerprint density at radius 2 is 1.14 bits per heavy atom. The molecule has 166 valence electrons. The number of hydrogen-bond donors (Lipinski definition) is 0. The number of allylic oxidation sites excluding steroid dienone is 2. The molecule has 2 rings (SSSR count). The maximum atomic E-state index is 10.4. The third-order valence-electron chi connectivity index (χ3n) is 3.10. The molecule has 0 aliphatic carbocycles. The molecule has 0 amide bonds. The molecule has 0 N–H and O–H groups in total. The molecule has 2 aliphatic rings. The average molecular weight is 455 g/mol. The Bertz CT molecular complexity index is 568. The summed E-state index contributed by atoms with van der Waals surface area (Å²) in [6.07, 6.45) is 10.5. The van der Waals surface area contributed by atoms with E-state index in [1.807, 2.05) is 12.2 Å². The normalized spacial score (nSPS) is 13.8. The van der Waals surface area contributed by atoms with Crippen LogP contribution in [0.4, 0.5) is 0 Å². The second-order valence-electron chi connectivity index (χ2n) is 6.52. The fourth-order valence-corrected chi connectivity index (χ4v) is 2.02. The third-order valence-corrected chi connectivity index (χ3v) is 3.10. The molecule has 29 heavy (non-hydrogen) atoms. The largest absolute Gasteiger partial charge is 0.300 e. The van der Waals surface area contributed by atoms with E-state index >= 15 is 0 Å². The van der Waals surface area contributed by atoms with Gasteiger partial charge in [-0.2, -0.15) is 0 Å². The van der Waals surface area contributed by atoms with Crippen LogP contribution in [0.25, 0.3) is 0 Å². The van der Waals surface area contributed by atoms with Crippen molar-refractivity contribution in [1.29, 1.82) is 0 Å². The first kappa shape index (κ1) is 31.5. The van der Waals surface area contributed by atoms with Gasteiger partial charge in [0.25, 0.3) is 0 Å². The summed E-state index contributed by atoms with van der Waals surface area (Å²) in [5, 5.41) is 0. The van der Waals surface area contributed by atoms with Crippen molar-refractivity contribution in [2.75, 3.05) is 19.6 Å². The van der Waals surface area contributed by atoms with Crippen molar-refractivity contribution >= 4 is 23.1 Å². The van der Waals surface area contributed by atoms with Gasteiger partial charge in [0.05, 0.1) is 12.8 Å². The molecule has 1 fully saturated rings. The minimum Gasteiger partial charge on any atom is -0.300 e. The predicted octanol–water partition coefficient (Wildman–Crippen LogP) is 2.90. The Morgan fingerprint density at radius 1 is 0.724 bits per heavy atom. The molecular weight excluding hydrogens is 423 g/mol. The van der Waals surface area contributed by atoms with Crippen LogP contribution < -0.4 is 0 Å². The zero-order chi connectivity index (χ0) is 21.9. The van der Waals surface area contributed by atoms with Gasteiger partial charge in [-0.25, -0.2) is 0 Å². The van der Waals surface area contributed by atoms with Crippen LogP contribution in [0.15, 0.2) is 24.4 Å². The van der Waals surface area contributed by atoms with E-state index in [0.29, 0.717) is 6.54 Å². The van der Waals surface area contributed by atoms with Gasteiger partial charge in [0.2, 0.25) is 12.7 Å². The molecule has 0 radical (unpaired) electrons. The Labute approximate surface area is 182 Å². The Morgan fingerprint density at radius 3 is 1.28 bits per heavy atom. The molecule has 0 saturated carbocycles. The van der Waals surface area contributed by atoms with Gasteiger partial charge in [-0.15, -0.1) is 0 Å². The Balaban J connectivity index is -0.000000307. The van der Waals surface area contributed by atoms with Crippen molar-refractivity contribution < 1.29 is 45.2 Å². The van der Waals surface area contributed by atoms with Gasteiger partial charge >= 0.3 is 0 Å². The molecule has 0 unspecified atom stereocenters. The number of rotatable bonds is 4. The summed E-state index contributed by atoms with van der Waals surface area (Å²) in [7, 11) is 0. The molecule has 2 heterocycles. The van der Waals surface area contributed by atoms with E-state index in [9.17, 15) is 29.0 Å². The molecule has 1 saturated heterocycles. The van der Waals surface area contributed by atoms with Gasteiger partial charge in [-0.1, -0.05) is 6.08 Å². The van der Waals surface area contributed by atoms with E-state index < -0.39 is 0 Å². The Kier molecular flexibility index (Phi) is 22.4. The average Bonchev–Trinajstić information content (AvgIpc) is 2.55. The number of nitroso groups, excluding NO2 is 2. The van der Waals surface area contributed by atoms with Crippen LogP contribution in [-0.4, -0.2) is 52.3 Å². The first-order valence-corrected chi connectivity index (χ1v) is 9.21. The van der Waals surface area contributed by atoms with E-state index in [1.54, 1.807) is 6.08 Å². The monoisotopic (exact) mass is 454 g/mol. The van der Waals surface area contributed by atoms with Crippen LogP contribution in [0.2, 0.25) is 0 Å². The molecule has 0 bridgehead atoms. The number of nitrogens with zero attached hydrogens (tertiary/aromatic N) is 2. The first-order chi connectivity index (χ1) is 13.0. The van der Waals surface area contributed by atoms with Crippen LogP contribution in [0, 0.1) is 9.81 Å². The summed E-state index contributed by atoms with van der Waals surface area (Å²) in [6, 6.07) is 0. The molecule has 2 aliphatic heterocycles. The van der Waals surface area contributed by atoms with Crippen LogP contribution in [0.5, 0.6) is 0 Å². The zero-order valence-electron chi connectivity index (χ0n) is 17.6. The molecular formula is C20H32N2NiO6+2. The number of carbonyl (C=O) groups is 4. The van der Waals surface area contributed by atoms with Crippen molar-refractivity contribution in [1.82, 2.24) is 0 Å². The predicted molar refractivity (Wildman–Crippen MR) is 106 cm³/mol. The summed E-state index contributed by atoms with van der Waals surface area (Å²) in [4.78, 5) is 60.8. The van der Waals surface area contributed by atoms with Crippen molar-refractivity contribution in [3.63, 3.8) is 0 Å². The quantitative estimate of drug-likeness (QED) is 0.367. The topological polar surface area (TPSA) is 108 Å². The SMILES string of the molecule is CC(=O)CC(C)=O.CC(=O)CC(C)=O.O=[N+]1C=CC=CC1.O=[N+]1CCCCC1.[Ni]. The maximum Gasteiger partial charge on any atom is 0.221 e. The number of piperidine rings is 1. The van der Waals surface area contributed by atoms with Gasteiger partial charge < -0.3 is 0 Å². The van der Waals surface area contributed by atoms with Crippen LogP contribution in [0.3, 0.4) is 0 Å². The summed E-state index contributed by atoms with van der Waals surface area (Å²) in [5.41, 5.74) is 0. The molecule has 0 aromatic rings. The summed E-state index contributed by atoms with van der Waals surface area (Å²) in [6.45, 7) is 7.64. The van der Waals surface area contributed by atoms with E-state index in [0.717, 1.165) is 35.5 Å². The van der Waals surface area contributed by atoms with Gasteiger partial charge in [-0.05, 0) is 45.0 Å². The second kappa shape index (κ2) is 20.6. The standard InChI is InChI=1S/C5H10NO.C5H6NO.2C5H8O2.Ni/c2*7-6-4-2-1-3-5-6;2*1-4(6)3-5(2)7;/h1-5H2;1-4H,5H2;2*3H2,1-2H3;/q2*+1;;;. The second-order valence-corrected chi connectivity index (χ2v) is 6.52. The number of carbonyl (C=O) groups excluding carboxylic acids is 4. The van der Waals surface area contributed by atoms with Gasteiger partial charge in [0.15, 0.2) is 13.1 Å². The van der Waals surface area contributed by atoms with Crippen LogP contribution >= 0.6 is 0 Å². The van der Waals surface area contributed by atoms with Crippen molar-refractivity contribution in [2.45, 2.75) is 59.8 Å². The van der Waals surface area contributed by atoms with E-state index in [2.05, 4.69) is 0 Å². The maximum absolute atomic E-state index is 10.4. The minimum atomic E-state index is -0.0625. The van der Waals surface area contributed by atoms with E-state index in [-0.39, 0.29) is 52.5 Å². The van der Waals surface area contributed by atoms with E-state index in [1.165, 1.54) is 40.3 Å². The molecule has 0 spiro atoms. The molecule has 0 aromatic carbocycles. The summed E-state index contributed by atoms with van der Waals surface area (Å²) >= 11 is 0. The van der Waals surface area contributed by atoms with Crippen molar-refractivity contribution in [3.05, 3.63) is 34.2 Å². The van der Waals surface area contributed by atoms with Gasteiger partial charge in [-0.3, -0.25) is 19.2 Å². The van der Waals surface area contributed by atoms with Crippen molar-refractivity contribution in [2.24, 2.45) is 0 Å². The minimum absolute atomic E-state index is 0. The molecule has 0 aromatic heterocycles.